The smallest absolute Gasteiger partial charge is 0.128 e. The zero-order valence-electron chi connectivity index (χ0n) is 11.4. The van der Waals surface area contributed by atoms with Crippen molar-refractivity contribution in [1.29, 1.82) is 0 Å². The third-order valence-corrected chi connectivity index (χ3v) is 4.36. The van der Waals surface area contributed by atoms with Crippen LogP contribution >= 0.6 is 27.5 Å². The van der Waals surface area contributed by atoms with E-state index < -0.39 is 0 Å². The van der Waals surface area contributed by atoms with Crippen molar-refractivity contribution >= 4 is 38.6 Å². The predicted octanol–water partition coefficient (Wildman–Crippen LogP) is 5.89. The lowest BCUT2D eigenvalue weighted by Gasteiger charge is -2.05. The number of rotatable bonds is 2. The van der Waals surface area contributed by atoms with Crippen molar-refractivity contribution in [3.63, 3.8) is 0 Å². The Morgan fingerprint density at radius 2 is 1.76 bits per heavy atom. The molecule has 0 amide bonds. The van der Waals surface area contributed by atoms with Gasteiger partial charge in [-0.05, 0) is 35.4 Å². The van der Waals surface area contributed by atoms with Gasteiger partial charge in [0, 0.05) is 16.5 Å². The van der Waals surface area contributed by atoms with Crippen LogP contribution in [0, 0.1) is 0 Å². The summed E-state index contributed by atoms with van der Waals surface area (Å²) in [5.41, 5.74) is 3.21. The summed E-state index contributed by atoms with van der Waals surface area (Å²) in [6, 6.07) is 16.1. The molecule has 2 aromatic rings. The van der Waals surface area contributed by atoms with Gasteiger partial charge < -0.3 is 4.74 Å². The molecule has 1 aliphatic heterocycles. The minimum Gasteiger partial charge on any atom is -0.493 e. The highest BCUT2D eigenvalue weighted by atomic mass is 79.9. The molecule has 21 heavy (non-hydrogen) atoms. The first-order chi connectivity index (χ1) is 10.2. The van der Waals surface area contributed by atoms with Crippen LogP contribution in [0.4, 0.5) is 0 Å². The van der Waals surface area contributed by atoms with Crippen molar-refractivity contribution in [1.82, 2.24) is 0 Å². The highest BCUT2D eigenvalue weighted by molar-refractivity contribution is 9.10. The van der Waals surface area contributed by atoms with Crippen molar-refractivity contribution in [3.8, 4) is 5.75 Å². The van der Waals surface area contributed by atoms with Crippen LogP contribution in [0.1, 0.15) is 17.5 Å². The van der Waals surface area contributed by atoms with E-state index in [1.54, 1.807) is 0 Å². The maximum atomic E-state index is 6.55. The molecule has 1 aliphatic rings. The van der Waals surface area contributed by atoms with E-state index in [1.165, 1.54) is 0 Å². The summed E-state index contributed by atoms with van der Waals surface area (Å²) in [5.74, 6) is 0.856. The van der Waals surface area contributed by atoms with Crippen molar-refractivity contribution in [2.45, 2.75) is 6.42 Å². The molecule has 3 rings (SSSR count). The molecule has 0 aromatic heterocycles. The number of halogens is 2. The molecule has 0 N–H and O–H groups in total. The maximum Gasteiger partial charge on any atom is 0.128 e. The molecule has 2 aromatic carbocycles. The van der Waals surface area contributed by atoms with E-state index in [1.807, 2.05) is 36.4 Å². The van der Waals surface area contributed by atoms with Crippen molar-refractivity contribution < 1.29 is 4.74 Å². The summed E-state index contributed by atoms with van der Waals surface area (Å²) < 4.78 is 6.83. The van der Waals surface area contributed by atoms with Gasteiger partial charge in [-0.25, -0.2) is 0 Å². The van der Waals surface area contributed by atoms with Gasteiger partial charge in [0.1, 0.15) is 5.75 Å². The van der Waals surface area contributed by atoms with Crippen molar-refractivity contribution in [3.05, 3.63) is 75.8 Å². The Labute approximate surface area is 138 Å². The third-order valence-electron chi connectivity index (χ3n) is 3.38. The molecule has 0 saturated heterocycles. The fraction of sp³-hybridized carbons (Fsp3) is 0.111. The highest BCUT2D eigenvalue weighted by Crippen LogP contribution is 2.35. The van der Waals surface area contributed by atoms with Gasteiger partial charge in [-0.2, -0.15) is 0 Å². The van der Waals surface area contributed by atoms with Gasteiger partial charge in [-0.3, -0.25) is 0 Å². The molecule has 0 spiro atoms. The summed E-state index contributed by atoms with van der Waals surface area (Å²) in [5, 5.41) is 0.775. The standard InChI is InChI=1S/C18H14BrClO/c19-15-9-6-13(7-10-15)5-8-14-11-12-21-17-4-2-1-3-16(17)18(14)20/h1-10H,11-12H2/b8-5+. The number of hydrogen-bond acceptors (Lipinski definition) is 1. The van der Waals surface area contributed by atoms with E-state index in [0.717, 1.165) is 38.4 Å². The Balaban J connectivity index is 1.92. The summed E-state index contributed by atoms with van der Waals surface area (Å²) in [6.45, 7) is 0.646. The summed E-state index contributed by atoms with van der Waals surface area (Å²) in [4.78, 5) is 0. The van der Waals surface area contributed by atoms with Crippen LogP contribution in [0.25, 0.3) is 11.1 Å². The van der Waals surface area contributed by atoms with Gasteiger partial charge in [0.15, 0.2) is 0 Å². The van der Waals surface area contributed by atoms with Crippen molar-refractivity contribution in [2.24, 2.45) is 0 Å². The van der Waals surface area contributed by atoms with E-state index in [-0.39, 0.29) is 0 Å². The minimum absolute atomic E-state index is 0.646. The van der Waals surface area contributed by atoms with Gasteiger partial charge in [-0.1, -0.05) is 63.9 Å². The van der Waals surface area contributed by atoms with Gasteiger partial charge >= 0.3 is 0 Å². The fourth-order valence-electron chi connectivity index (χ4n) is 2.25. The first-order valence-electron chi connectivity index (χ1n) is 6.78. The molecule has 1 heterocycles. The van der Waals surface area contributed by atoms with Gasteiger partial charge in [0.25, 0.3) is 0 Å². The number of benzene rings is 2. The second kappa shape index (κ2) is 6.50. The maximum absolute atomic E-state index is 6.55. The Kier molecular flexibility index (Phi) is 4.47. The average molecular weight is 362 g/mol. The highest BCUT2D eigenvalue weighted by Gasteiger charge is 2.14. The van der Waals surface area contributed by atoms with Gasteiger partial charge in [0.05, 0.1) is 11.6 Å². The lowest BCUT2D eigenvalue weighted by Crippen LogP contribution is -1.95. The zero-order valence-corrected chi connectivity index (χ0v) is 13.7. The molecule has 3 heteroatoms. The number of fused-ring (bicyclic) bond motifs is 1. The van der Waals surface area contributed by atoms with Crippen LogP contribution in [-0.2, 0) is 0 Å². The number of para-hydroxylation sites is 1. The average Bonchev–Trinajstić information content (AvgIpc) is 2.67. The Bertz CT molecular complexity index is 701. The SMILES string of the molecule is ClC1=C(/C=C/c2ccc(Br)cc2)CCOc2ccccc21. The van der Waals surface area contributed by atoms with Crippen LogP contribution < -0.4 is 4.74 Å². The predicted molar refractivity (Wildman–Crippen MR) is 92.5 cm³/mol. The summed E-state index contributed by atoms with van der Waals surface area (Å²) >= 11 is 9.99. The lowest BCUT2D eigenvalue weighted by atomic mass is 10.1. The zero-order chi connectivity index (χ0) is 14.7. The first kappa shape index (κ1) is 14.4. The number of allylic oxidation sites excluding steroid dienone is 1. The summed E-state index contributed by atoms with van der Waals surface area (Å²) in [7, 11) is 0. The minimum atomic E-state index is 0.646. The van der Waals surface area contributed by atoms with Crippen molar-refractivity contribution in [2.75, 3.05) is 6.61 Å². The quantitative estimate of drug-likeness (QED) is 0.647. The largest absolute Gasteiger partial charge is 0.493 e. The van der Waals surface area contributed by atoms with E-state index in [2.05, 4.69) is 40.2 Å². The molecule has 0 unspecified atom stereocenters. The lowest BCUT2D eigenvalue weighted by molar-refractivity contribution is 0.325. The molecule has 0 atom stereocenters. The monoisotopic (exact) mass is 360 g/mol. The van der Waals surface area contributed by atoms with Crippen LogP contribution in [0.2, 0.25) is 0 Å². The molecule has 0 saturated carbocycles. The number of ether oxygens (including phenoxy) is 1. The Morgan fingerprint density at radius 1 is 1.00 bits per heavy atom. The second-order valence-corrected chi connectivity index (χ2v) is 6.11. The fourth-order valence-corrected chi connectivity index (χ4v) is 2.83. The molecular weight excluding hydrogens is 348 g/mol. The third kappa shape index (κ3) is 3.39. The molecule has 0 radical (unpaired) electrons. The first-order valence-corrected chi connectivity index (χ1v) is 7.95. The number of hydrogen-bond donors (Lipinski definition) is 0. The molecule has 0 aliphatic carbocycles. The topological polar surface area (TPSA) is 9.23 Å². The Morgan fingerprint density at radius 3 is 2.57 bits per heavy atom. The summed E-state index contributed by atoms with van der Waals surface area (Å²) in [6.07, 6.45) is 4.97. The van der Waals surface area contributed by atoms with E-state index in [4.69, 9.17) is 16.3 Å². The van der Waals surface area contributed by atoms with E-state index in [9.17, 15) is 0 Å². The van der Waals surface area contributed by atoms with Crippen LogP contribution in [0.5, 0.6) is 5.75 Å². The second-order valence-electron chi connectivity index (χ2n) is 4.82. The molecule has 0 bridgehead atoms. The Hall–Kier alpha value is -1.51. The molecule has 0 fully saturated rings. The molecule has 1 nitrogen and oxygen atoms in total. The van der Waals surface area contributed by atoms with E-state index in [0.29, 0.717) is 6.61 Å². The van der Waals surface area contributed by atoms with Crippen LogP contribution in [0.15, 0.2) is 64.7 Å². The van der Waals surface area contributed by atoms with Crippen LogP contribution in [-0.4, -0.2) is 6.61 Å². The van der Waals surface area contributed by atoms with Gasteiger partial charge in [-0.15, -0.1) is 0 Å². The van der Waals surface area contributed by atoms with Crippen LogP contribution in [0.3, 0.4) is 0 Å². The van der Waals surface area contributed by atoms with E-state index >= 15 is 0 Å². The van der Waals surface area contributed by atoms with Gasteiger partial charge in [0.2, 0.25) is 0 Å². The normalized spacial score (nSPS) is 14.8. The molecule has 106 valence electrons. The molecular formula is C18H14BrClO.